The molecule has 2 aromatic rings. The summed E-state index contributed by atoms with van der Waals surface area (Å²) in [6.45, 7) is 0.426. The smallest absolute Gasteiger partial charge is 0.264 e. The second-order valence-corrected chi connectivity index (χ2v) is 7.63. The fourth-order valence-corrected chi connectivity index (χ4v) is 3.26. The Morgan fingerprint density at radius 3 is 2.52 bits per heavy atom. The molecular formula is C17H19ClN2O4S. The fraction of sp³-hybridized carbons (Fsp3) is 0.235. The highest BCUT2D eigenvalue weighted by molar-refractivity contribution is 7.89. The topological polar surface area (TPSA) is 75.7 Å². The molecule has 0 unspecified atom stereocenters. The minimum atomic E-state index is -3.79. The van der Waals surface area contributed by atoms with Gasteiger partial charge in [0.1, 0.15) is 0 Å². The molecule has 0 heterocycles. The van der Waals surface area contributed by atoms with Crippen LogP contribution in [0.3, 0.4) is 0 Å². The molecule has 0 fully saturated rings. The number of rotatable bonds is 7. The van der Waals surface area contributed by atoms with Crippen LogP contribution in [-0.4, -0.2) is 39.5 Å². The van der Waals surface area contributed by atoms with Crippen molar-refractivity contribution in [3.8, 4) is 0 Å². The summed E-state index contributed by atoms with van der Waals surface area (Å²) < 4.78 is 25.2. The molecule has 1 amide bonds. The molecule has 6 nitrogen and oxygen atoms in total. The van der Waals surface area contributed by atoms with Gasteiger partial charge in [-0.15, -0.1) is 0 Å². The molecule has 2 rings (SSSR count). The van der Waals surface area contributed by atoms with Gasteiger partial charge in [0.2, 0.25) is 0 Å². The molecule has 134 valence electrons. The Labute approximate surface area is 152 Å². The lowest BCUT2D eigenvalue weighted by Crippen LogP contribution is -2.27. The van der Waals surface area contributed by atoms with Crippen molar-refractivity contribution in [1.82, 2.24) is 9.79 Å². The average molecular weight is 383 g/mol. The number of halogens is 1. The van der Waals surface area contributed by atoms with Crippen LogP contribution in [0.4, 0.5) is 0 Å². The van der Waals surface area contributed by atoms with Gasteiger partial charge in [-0.05, 0) is 42.3 Å². The Balaban J connectivity index is 2.02. The minimum Gasteiger partial charge on any atom is -0.352 e. The maximum atomic E-state index is 12.2. The summed E-state index contributed by atoms with van der Waals surface area (Å²) in [4.78, 5) is 17.0. The van der Waals surface area contributed by atoms with Gasteiger partial charge >= 0.3 is 0 Å². The fourth-order valence-electron chi connectivity index (χ4n) is 2.12. The molecule has 0 atom stereocenters. The number of hydroxylamine groups is 1. The maximum Gasteiger partial charge on any atom is 0.264 e. The number of hydrogen-bond donors (Lipinski definition) is 1. The molecule has 0 aliphatic carbocycles. The summed E-state index contributed by atoms with van der Waals surface area (Å²) >= 11 is 5.83. The van der Waals surface area contributed by atoms with Crippen LogP contribution in [0.5, 0.6) is 0 Å². The molecule has 0 bridgehead atoms. The summed E-state index contributed by atoms with van der Waals surface area (Å²) in [5.74, 6) is -0.342. The largest absolute Gasteiger partial charge is 0.352 e. The third-order valence-electron chi connectivity index (χ3n) is 3.60. The molecular weight excluding hydrogens is 364 g/mol. The van der Waals surface area contributed by atoms with E-state index in [0.29, 0.717) is 18.0 Å². The average Bonchev–Trinajstić information content (AvgIpc) is 2.62. The van der Waals surface area contributed by atoms with Gasteiger partial charge in [-0.25, -0.2) is 8.42 Å². The zero-order chi connectivity index (χ0) is 18.4. The molecule has 0 saturated heterocycles. The van der Waals surface area contributed by atoms with E-state index < -0.39 is 10.0 Å². The molecule has 0 saturated carbocycles. The van der Waals surface area contributed by atoms with E-state index in [-0.39, 0.29) is 16.4 Å². The lowest BCUT2D eigenvalue weighted by molar-refractivity contribution is -0.0258. The van der Waals surface area contributed by atoms with Gasteiger partial charge < -0.3 is 5.32 Å². The van der Waals surface area contributed by atoms with Crippen LogP contribution in [-0.2, 0) is 21.3 Å². The van der Waals surface area contributed by atoms with E-state index in [1.165, 1.54) is 32.4 Å². The monoisotopic (exact) mass is 382 g/mol. The lowest BCUT2D eigenvalue weighted by Gasteiger charge is -2.14. The molecule has 2 aromatic carbocycles. The molecule has 0 aliphatic rings. The molecule has 0 aliphatic heterocycles. The van der Waals surface area contributed by atoms with Crippen LogP contribution >= 0.6 is 11.6 Å². The third-order valence-corrected chi connectivity index (χ3v) is 5.53. The number of amides is 1. The van der Waals surface area contributed by atoms with E-state index >= 15 is 0 Å². The van der Waals surface area contributed by atoms with Crippen molar-refractivity contribution >= 4 is 27.5 Å². The summed E-state index contributed by atoms with van der Waals surface area (Å²) in [5.41, 5.74) is 1.31. The first-order valence-corrected chi connectivity index (χ1v) is 9.32. The second-order valence-electron chi connectivity index (χ2n) is 5.26. The van der Waals surface area contributed by atoms with Crippen molar-refractivity contribution in [3.63, 3.8) is 0 Å². The van der Waals surface area contributed by atoms with Crippen molar-refractivity contribution in [2.24, 2.45) is 0 Å². The Morgan fingerprint density at radius 2 is 1.88 bits per heavy atom. The first-order valence-electron chi connectivity index (χ1n) is 7.50. The van der Waals surface area contributed by atoms with Crippen molar-refractivity contribution < 1.29 is 18.0 Å². The van der Waals surface area contributed by atoms with E-state index in [9.17, 15) is 13.2 Å². The van der Waals surface area contributed by atoms with E-state index in [0.717, 1.165) is 10.0 Å². The Kier molecular flexibility index (Phi) is 6.55. The molecule has 8 heteroatoms. The van der Waals surface area contributed by atoms with Crippen molar-refractivity contribution in [2.45, 2.75) is 11.3 Å². The third kappa shape index (κ3) is 5.02. The first kappa shape index (κ1) is 19.4. The highest BCUT2D eigenvalue weighted by Crippen LogP contribution is 2.16. The quantitative estimate of drug-likeness (QED) is 0.746. The van der Waals surface area contributed by atoms with E-state index in [1.54, 1.807) is 18.2 Å². The van der Waals surface area contributed by atoms with Crippen LogP contribution < -0.4 is 5.32 Å². The molecule has 0 spiro atoms. The number of carbonyl (C=O) groups excluding carboxylic acids is 1. The second kappa shape index (κ2) is 8.44. The SMILES string of the molecule is CON(C)S(=O)(=O)c1cccc(C(=O)NCCc2ccc(Cl)cc2)c1. The summed E-state index contributed by atoms with van der Waals surface area (Å²) in [5, 5.41) is 3.43. The number of benzene rings is 2. The standard InChI is InChI=1S/C17H19ClN2O4S/c1-20(24-2)25(22,23)16-5-3-4-14(12-16)17(21)19-11-10-13-6-8-15(18)9-7-13/h3-9,12H,10-11H2,1-2H3,(H,19,21). The van der Waals surface area contributed by atoms with Gasteiger partial charge in [0, 0.05) is 24.2 Å². The normalized spacial score (nSPS) is 11.5. The minimum absolute atomic E-state index is 0.0119. The van der Waals surface area contributed by atoms with Crippen LogP contribution in [0.25, 0.3) is 0 Å². The molecule has 0 aromatic heterocycles. The predicted octanol–water partition coefficient (Wildman–Crippen LogP) is 2.49. The summed E-state index contributed by atoms with van der Waals surface area (Å²) in [6.07, 6.45) is 0.646. The van der Waals surface area contributed by atoms with Crippen molar-refractivity contribution in [1.29, 1.82) is 0 Å². The molecule has 0 radical (unpaired) electrons. The van der Waals surface area contributed by atoms with Crippen LogP contribution in [0.15, 0.2) is 53.4 Å². The van der Waals surface area contributed by atoms with Crippen LogP contribution in [0.2, 0.25) is 5.02 Å². The maximum absolute atomic E-state index is 12.2. The number of nitrogens with one attached hydrogen (secondary N) is 1. The van der Waals surface area contributed by atoms with Crippen molar-refractivity contribution in [2.75, 3.05) is 20.7 Å². The predicted molar refractivity (Wildman–Crippen MR) is 95.9 cm³/mol. The van der Waals surface area contributed by atoms with Gasteiger partial charge in [-0.1, -0.05) is 34.3 Å². The Hall–Kier alpha value is -1.93. The number of nitrogens with zero attached hydrogens (tertiary/aromatic N) is 1. The Morgan fingerprint density at radius 1 is 1.20 bits per heavy atom. The van der Waals surface area contributed by atoms with Gasteiger partial charge in [0.15, 0.2) is 0 Å². The highest BCUT2D eigenvalue weighted by atomic mass is 35.5. The number of sulfonamides is 1. The summed E-state index contributed by atoms with van der Waals surface area (Å²) in [6, 6.07) is 13.2. The lowest BCUT2D eigenvalue weighted by atomic mass is 10.1. The zero-order valence-electron chi connectivity index (χ0n) is 13.9. The zero-order valence-corrected chi connectivity index (χ0v) is 15.5. The van der Waals surface area contributed by atoms with E-state index in [2.05, 4.69) is 5.32 Å². The first-order chi connectivity index (χ1) is 11.8. The van der Waals surface area contributed by atoms with Gasteiger partial charge in [-0.3, -0.25) is 9.63 Å². The molecule has 1 N–H and O–H groups in total. The highest BCUT2D eigenvalue weighted by Gasteiger charge is 2.21. The van der Waals surface area contributed by atoms with Crippen LogP contribution in [0, 0.1) is 0 Å². The number of hydrogen-bond acceptors (Lipinski definition) is 4. The Bertz CT molecular complexity index is 838. The van der Waals surface area contributed by atoms with Crippen LogP contribution in [0.1, 0.15) is 15.9 Å². The van der Waals surface area contributed by atoms with E-state index in [4.69, 9.17) is 16.4 Å². The van der Waals surface area contributed by atoms with Gasteiger partial charge in [0.05, 0.1) is 12.0 Å². The summed E-state index contributed by atoms with van der Waals surface area (Å²) in [7, 11) is -1.25. The van der Waals surface area contributed by atoms with E-state index in [1.807, 2.05) is 12.1 Å². The van der Waals surface area contributed by atoms with Gasteiger partial charge in [-0.2, -0.15) is 0 Å². The molecule has 25 heavy (non-hydrogen) atoms. The van der Waals surface area contributed by atoms with Gasteiger partial charge in [0.25, 0.3) is 15.9 Å². The van der Waals surface area contributed by atoms with Crippen molar-refractivity contribution in [3.05, 3.63) is 64.7 Å². The number of carbonyl (C=O) groups is 1.